The van der Waals surface area contributed by atoms with Crippen molar-refractivity contribution in [3.63, 3.8) is 0 Å². The van der Waals surface area contributed by atoms with E-state index >= 15 is 0 Å². The number of nitro benzene ring substituents is 1. The molecule has 0 bridgehead atoms. The Morgan fingerprint density at radius 3 is 2.29 bits per heavy atom. The lowest BCUT2D eigenvalue weighted by Crippen LogP contribution is -2.57. The Balaban J connectivity index is 1.64. The summed E-state index contributed by atoms with van der Waals surface area (Å²) in [6.07, 6.45) is -0.234. The van der Waals surface area contributed by atoms with Gasteiger partial charge in [-0.25, -0.2) is 0 Å². The lowest BCUT2D eigenvalue weighted by Gasteiger charge is -2.41. The van der Waals surface area contributed by atoms with Crippen LogP contribution in [-0.4, -0.2) is 78.3 Å². The van der Waals surface area contributed by atoms with Crippen molar-refractivity contribution < 1.29 is 18.1 Å². The second-order valence-corrected chi connectivity index (χ2v) is 9.47. The molecule has 0 amide bonds. The summed E-state index contributed by atoms with van der Waals surface area (Å²) in [6.45, 7) is 8.48. The van der Waals surface area contributed by atoms with Gasteiger partial charge in [0, 0.05) is 57.4 Å². The van der Waals surface area contributed by atoms with Gasteiger partial charge in [0.05, 0.1) is 17.1 Å². The molecule has 2 aliphatic heterocycles. The maximum Gasteiger partial charge on any atom is 0.282 e. The van der Waals surface area contributed by atoms with Gasteiger partial charge in [0.15, 0.2) is 0 Å². The van der Waals surface area contributed by atoms with Crippen LogP contribution in [0.25, 0.3) is 0 Å². The van der Waals surface area contributed by atoms with E-state index in [2.05, 4.69) is 4.90 Å². The first kappa shape index (κ1) is 21.1. The molecule has 0 spiro atoms. The Morgan fingerprint density at radius 1 is 1.11 bits per heavy atom. The smallest absolute Gasteiger partial charge is 0.282 e. The minimum atomic E-state index is -3.51. The molecule has 1 aromatic carbocycles. The summed E-state index contributed by atoms with van der Waals surface area (Å²) in [5.74, 6) is 0. The lowest BCUT2D eigenvalue weighted by molar-refractivity contribution is -0.385. The molecule has 28 heavy (non-hydrogen) atoms. The van der Waals surface area contributed by atoms with E-state index < -0.39 is 15.1 Å². The van der Waals surface area contributed by atoms with Gasteiger partial charge in [-0.2, -0.15) is 17.0 Å². The van der Waals surface area contributed by atoms with Crippen LogP contribution in [0.15, 0.2) is 24.3 Å². The zero-order valence-electron chi connectivity index (χ0n) is 16.5. The molecule has 156 valence electrons. The Bertz CT molecular complexity index is 800. The number of benzene rings is 1. The molecule has 9 nitrogen and oxygen atoms in total. The topological polar surface area (TPSA) is 96.2 Å². The Kier molecular flexibility index (Phi) is 6.35. The fourth-order valence-corrected chi connectivity index (χ4v) is 5.66. The number of non-ortho nitro benzene ring substituents is 1. The van der Waals surface area contributed by atoms with Crippen LogP contribution in [0.3, 0.4) is 0 Å². The number of hydrogen-bond acceptors (Lipinski definition) is 6. The molecule has 3 unspecified atom stereocenters. The quantitative estimate of drug-likeness (QED) is 0.539. The Hall–Kier alpha value is -1.59. The van der Waals surface area contributed by atoms with E-state index in [1.807, 2.05) is 26.8 Å². The summed E-state index contributed by atoms with van der Waals surface area (Å²) in [4.78, 5) is 12.8. The van der Waals surface area contributed by atoms with Crippen molar-refractivity contribution in [3.05, 3.63) is 39.9 Å². The number of piperazine rings is 1. The zero-order valence-corrected chi connectivity index (χ0v) is 17.3. The summed E-state index contributed by atoms with van der Waals surface area (Å²) >= 11 is 0. The number of morpholine rings is 1. The molecule has 2 fully saturated rings. The molecule has 2 saturated heterocycles. The monoisotopic (exact) mass is 412 g/mol. The van der Waals surface area contributed by atoms with Gasteiger partial charge in [-0.15, -0.1) is 0 Å². The number of hydrogen-bond donors (Lipinski definition) is 0. The highest BCUT2D eigenvalue weighted by molar-refractivity contribution is 7.86. The second kappa shape index (κ2) is 8.42. The van der Waals surface area contributed by atoms with Gasteiger partial charge >= 0.3 is 0 Å². The standard InChI is InChI=1S/C18H28N4O5S/c1-14-12-21(13-15(2)27-14)28(25,26)20-9-7-19(8-10-20)16(3)17-5-4-6-18(11-17)22(23)24/h4-6,11,14-16H,7-10,12-13H2,1-3H3. The first-order valence-corrected chi connectivity index (χ1v) is 11.0. The molecule has 2 aliphatic rings. The third-order valence-corrected chi connectivity index (χ3v) is 7.39. The van der Waals surface area contributed by atoms with Gasteiger partial charge < -0.3 is 4.74 Å². The van der Waals surface area contributed by atoms with Crippen molar-refractivity contribution in [2.45, 2.75) is 39.0 Å². The van der Waals surface area contributed by atoms with Gasteiger partial charge in [0.25, 0.3) is 15.9 Å². The normalized spacial score (nSPS) is 26.8. The minimum Gasteiger partial charge on any atom is -0.373 e. The molecule has 0 aliphatic carbocycles. The number of nitro groups is 1. The van der Waals surface area contributed by atoms with Crippen molar-refractivity contribution in [1.82, 2.24) is 13.5 Å². The minimum absolute atomic E-state index is 0.0202. The van der Waals surface area contributed by atoms with Crippen LogP contribution in [0.5, 0.6) is 0 Å². The van der Waals surface area contributed by atoms with E-state index in [9.17, 15) is 18.5 Å². The highest BCUT2D eigenvalue weighted by atomic mass is 32.2. The Labute approximate surface area is 166 Å². The van der Waals surface area contributed by atoms with Gasteiger partial charge in [0.2, 0.25) is 0 Å². The molecule has 3 rings (SSSR count). The molecule has 0 N–H and O–H groups in total. The fourth-order valence-electron chi connectivity index (χ4n) is 3.91. The molecule has 3 atom stereocenters. The highest BCUT2D eigenvalue weighted by Crippen LogP contribution is 2.26. The van der Waals surface area contributed by atoms with Crippen LogP contribution in [0, 0.1) is 10.1 Å². The Morgan fingerprint density at radius 2 is 1.71 bits per heavy atom. The van der Waals surface area contributed by atoms with Crippen LogP contribution in [0.2, 0.25) is 0 Å². The largest absolute Gasteiger partial charge is 0.373 e. The summed E-state index contributed by atoms with van der Waals surface area (Å²) < 4.78 is 34.7. The molecule has 0 radical (unpaired) electrons. The average molecular weight is 413 g/mol. The molecule has 10 heteroatoms. The van der Waals surface area contributed by atoms with E-state index in [0.717, 1.165) is 5.56 Å². The third-order valence-electron chi connectivity index (χ3n) is 5.42. The number of nitrogens with zero attached hydrogens (tertiary/aromatic N) is 4. The van der Waals surface area contributed by atoms with Crippen molar-refractivity contribution in [1.29, 1.82) is 0 Å². The van der Waals surface area contributed by atoms with E-state index in [0.29, 0.717) is 39.3 Å². The maximum atomic E-state index is 13.0. The molecule has 0 saturated carbocycles. The van der Waals surface area contributed by atoms with E-state index in [4.69, 9.17) is 4.74 Å². The first-order valence-electron chi connectivity index (χ1n) is 9.57. The van der Waals surface area contributed by atoms with Gasteiger partial charge in [-0.1, -0.05) is 12.1 Å². The highest BCUT2D eigenvalue weighted by Gasteiger charge is 2.37. The van der Waals surface area contributed by atoms with E-state index in [1.54, 1.807) is 12.1 Å². The first-order chi connectivity index (χ1) is 13.2. The van der Waals surface area contributed by atoms with Crippen molar-refractivity contribution in [3.8, 4) is 0 Å². The second-order valence-electron chi connectivity index (χ2n) is 7.55. The lowest BCUT2D eigenvalue weighted by atomic mass is 10.1. The van der Waals surface area contributed by atoms with Crippen LogP contribution < -0.4 is 0 Å². The van der Waals surface area contributed by atoms with Gasteiger partial charge in [0.1, 0.15) is 0 Å². The van der Waals surface area contributed by atoms with Crippen LogP contribution >= 0.6 is 0 Å². The molecule has 2 heterocycles. The number of rotatable bonds is 5. The average Bonchev–Trinajstić information content (AvgIpc) is 2.67. The van der Waals surface area contributed by atoms with Crippen molar-refractivity contribution in [2.24, 2.45) is 0 Å². The predicted molar refractivity (Wildman–Crippen MR) is 105 cm³/mol. The molecule has 1 aromatic rings. The molecular formula is C18H28N4O5S. The van der Waals surface area contributed by atoms with Crippen LogP contribution in [0.1, 0.15) is 32.4 Å². The van der Waals surface area contributed by atoms with Crippen LogP contribution in [0.4, 0.5) is 5.69 Å². The van der Waals surface area contributed by atoms with Crippen molar-refractivity contribution in [2.75, 3.05) is 39.3 Å². The molecular weight excluding hydrogens is 384 g/mol. The number of ether oxygens (including phenoxy) is 1. The predicted octanol–water partition coefficient (Wildman–Crippen LogP) is 1.63. The van der Waals surface area contributed by atoms with E-state index in [1.165, 1.54) is 14.7 Å². The van der Waals surface area contributed by atoms with Crippen molar-refractivity contribution >= 4 is 15.9 Å². The molecule has 0 aromatic heterocycles. The van der Waals surface area contributed by atoms with Gasteiger partial charge in [-0.05, 0) is 26.3 Å². The third kappa shape index (κ3) is 4.52. The fraction of sp³-hybridized carbons (Fsp3) is 0.667. The summed E-state index contributed by atoms with van der Waals surface area (Å²) in [6, 6.07) is 6.60. The van der Waals surface area contributed by atoms with Crippen LogP contribution in [-0.2, 0) is 14.9 Å². The maximum absolute atomic E-state index is 13.0. The van der Waals surface area contributed by atoms with Gasteiger partial charge in [-0.3, -0.25) is 15.0 Å². The summed E-state index contributed by atoms with van der Waals surface area (Å²) in [5.41, 5.74) is 0.933. The van der Waals surface area contributed by atoms with E-state index in [-0.39, 0.29) is 23.9 Å². The summed E-state index contributed by atoms with van der Waals surface area (Å²) in [7, 11) is -3.51. The zero-order chi connectivity index (χ0) is 20.5. The SMILES string of the molecule is CC1CN(S(=O)(=O)N2CCN(C(C)c3cccc([N+](=O)[O-])c3)CC2)CC(C)O1. The summed E-state index contributed by atoms with van der Waals surface area (Å²) in [5, 5.41) is 11.0.